The SMILES string of the molecule is O=C(O)C=CC1Cc2cc(-c3ccc(C(=O)C4CC(F)CN4)cc3)cc(Cl)c2O1. The monoisotopic (exact) mass is 415 g/mol. The topological polar surface area (TPSA) is 75.6 Å². The Morgan fingerprint density at radius 1 is 1.21 bits per heavy atom. The number of hydrogen-bond donors (Lipinski definition) is 2. The smallest absolute Gasteiger partial charge is 0.328 e. The molecule has 5 nitrogen and oxygen atoms in total. The van der Waals surface area contributed by atoms with Gasteiger partial charge in [0.05, 0.1) is 11.1 Å². The van der Waals surface area contributed by atoms with Crippen LogP contribution in [0.3, 0.4) is 0 Å². The second kappa shape index (κ2) is 7.97. The molecule has 2 N–H and O–H groups in total. The van der Waals surface area contributed by atoms with Gasteiger partial charge in [-0.25, -0.2) is 9.18 Å². The van der Waals surface area contributed by atoms with Crippen LogP contribution in [0, 0.1) is 0 Å². The van der Waals surface area contributed by atoms with E-state index < -0.39 is 18.2 Å². The summed E-state index contributed by atoms with van der Waals surface area (Å²) >= 11 is 6.37. The number of fused-ring (bicyclic) bond motifs is 1. The van der Waals surface area contributed by atoms with Gasteiger partial charge in [0.1, 0.15) is 18.0 Å². The second-order valence-corrected chi connectivity index (χ2v) is 7.65. The van der Waals surface area contributed by atoms with Gasteiger partial charge < -0.3 is 15.2 Å². The summed E-state index contributed by atoms with van der Waals surface area (Å²) in [6.45, 7) is 0.215. The first-order valence-corrected chi connectivity index (χ1v) is 9.71. The third kappa shape index (κ3) is 4.18. The fourth-order valence-electron chi connectivity index (χ4n) is 3.73. The number of ether oxygens (including phenoxy) is 1. The highest BCUT2D eigenvalue weighted by atomic mass is 35.5. The first kappa shape index (κ1) is 19.6. The first-order valence-electron chi connectivity index (χ1n) is 9.33. The van der Waals surface area contributed by atoms with E-state index in [2.05, 4.69) is 5.32 Å². The van der Waals surface area contributed by atoms with E-state index >= 15 is 0 Å². The van der Waals surface area contributed by atoms with Crippen molar-refractivity contribution >= 4 is 23.4 Å². The summed E-state index contributed by atoms with van der Waals surface area (Å²) in [7, 11) is 0. The molecule has 0 amide bonds. The minimum Gasteiger partial charge on any atom is -0.484 e. The Kier molecular flexibility index (Phi) is 5.39. The minimum atomic E-state index is -1.03. The van der Waals surface area contributed by atoms with Gasteiger partial charge in [0.2, 0.25) is 0 Å². The molecule has 0 saturated carbocycles. The molecule has 2 heterocycles. The van der Waals surface area contributed by atoms with Crippen LogP contribution in [0.5, 0.6) is 5.75 Å². The van der Waals surface area contributed by atoms with Crippen LogP contribution in [0.1, 0.15) is 22.3 Å². The zero-order valence-electron chi connectivity index (χ0n) is 15.4. The van der Waals surface area contributed by atoms with Crippen LogP contribution >= 0.6 is 11.6 Å². The van der Waals surface area contributed by atoms with E-state index in [1.165, 1.54) is 6.08 Å². The van der Waals surface area contributed by atoms with Crippen molar-refractivity contribution in [2.45, 2.75) is 31.2 Å². The molecule has 150 valence electrons. The lowest BCUT2D eigenvalue weighted by Crippen LogP contribution is -2.30. The zero-order valence-corrected chi connectivity index (χ0v) is 16.2. The van der Waals surface area contributed by atoms with Gasteiger partial charge in [-0.05, 0) is 29.3 Å². The van der Waals surface area contributed by atoms with Crippen LogP contribution < -0.4 is 10.1 Å². The molecule has 2 aliphatic rings. The summed E-state index contributed by atoms with van der Waals surface area (Å²) < 4.78 is 19.1. The van der Waals surface area contributed by atoms with Crippen molar-refractivity contribution in [3.63, 3.8) is 0 Å². The Morgan fingerprint density at radius 3 is 2.62 bits per heavy atom. The fourth-order valence-corrected chi connectivity index (χ4v) is 4.01. The standard InChI is InChI=1S/C22H19ClFNO4/c23-18-9-14(7-15-8-17(29-22(15)18)5-6-20(26)27)12-1-3-13(4-2-12)21(28)19-10-16(24)11-25-19/h1-7,9,16-17,19,25H,8,10-11H2,(H,26,27). The lowest BCUT2D eigenvalue weighted by Gasteiger charge is -2.10. The normalized spacial score (nSPS) is 23.2. The number of benzene rings is 2. The quantitative estimate of drug-likeness (QED) is 0.573. The number of nitrogens with one attached hydrogen (secondary N) is 1. The average molecular weight is 416 g/mol. The number of carboxylic acid groups (broad SMARTS) is 1. The number of rotatable bonds is 5. The number of carbonyl (C=O) groups excluding carboxylic acids is 1. The summed E-state index contributed by atoms with van der Waals surface area (Å²) in [6, 6.07) is 10.4. The average Bonchev–Trinajstić information content (AvgIpc) is 3.32. The fraction of sp³-hybridized carbons (Fsp3) is 0.273. The van der Waals surface area contributed by atoms with E-state index in [-0.39, 0.29) is 24.9 Å². The highest BCUT2D eigenvalue weighted by Gasteiger charge is 2.30. The van der Waals surface area contributed by atoms with Crippen LogP contribution in [0.2, 0.25) is 5.02 Å². The van der Waals surface area contributed by atoms with Crippen LogP contribution in [0.15, 0.2) is 48.6 Å². The summed E-state index contributed by atoms with van der Waals surface area (Å²) in [5, 5.41) is 12.1. The van der Waals surface area contributed by atoms with Crippen LogP contribution in [-0.2, 0) is 11.2 Å². The van der Waals surface area contributed by atoms with E-state index in [0.717, 1.165) is 22.8 Å². The Hall–Kier alpha value is -2.70. The lowest BCUT2D eigenvalue weighted by molar-refractivity contribution is -0.131. The van der Waals surface area contributed by atoms with Crippen molar-refractivity contribution in [2.75, 3.05) is 6.54 Å². The van der Waals surface area contributed by atoms with E-state index in [1.54, 1.807) is 18.2 Å². The molecule has 3 atom stereocenters. The first-order chi connectivity index (χ1) is 13.9. The Bertz CT molecular complexity index is 989. The largest absolute Gasteiger partial charge is 0.484 e. The number of hydrogen-bond acceptors (Lipinski definition) is 4. The number of alkyl halides is 1. The number of carboxylic acids is 1. The predicted molar refractivity (Wildman–Crippen MR) is 107 cm³/mol. The number of carbonyl (C=O) groups is 2. The van der Waals surface area contributed by atoms with Gasteiger partial charge in [0.15, 0.2) is 5.78 Å². The molecule has 1 saturated heterocycles. The van der Waals surface area contributed by atoms with Crippen molar-refractivity contribution < 1.29 is 23.8 Å². The number of halogens is 2. The molecule has 4 rings (SSSR count). The van der Waals surface area contributed by atoms with Gasteiger partial charge in [-0.3, -0.25) is 4.79 Å². The van der Waals surface area contributed by atoms with Gasteiger partial charge in [0.25, 0.3) is 0 Å². The molecular weight excluding hydrogens is 397 g/mol. The Labute approximate surface area is 172 Å². The summed E-state index contributed by atoms with van der Waals surface area (Å²) in [6.07, 6.45) is 1.95. The van der Waals surface area contributed by atoms with Crippen molar-refractivity contribution in [3.05, 3.63) is 64.7 Å². The van der Waals surface area contributed by atoms with Gasteiger partial charge in [-0.1, -0.05) is 35.9 Å². The van der Waals surface area contributed by atoms with Gasteiger partial charge >= 0.3 is 5.97 Å². The molecule has 7 heteroatoms. The Morgan fingerprint density at radius 2 is 1.97 bits per heavy atom. The predicted octanol–water partition coefficient (Wildman–Crippen LogP) is 3.83. The molecule has 0 bridgehead atoms. The maximum Gasteiger partial charge on any atom is 0.328 e. The summed E-state index contributed by atoms with van der Waals surface area (Å²) in [5.41, 5.74) is 3.20. The van der Waals surface area contributed by atoms with Crippen LogP contribution in [-0.4, -0.2) is 41.7 Å². The van der Waals surface area contributed by atoms with Crippen LogP contribution in [0.4, 0.5) is 4.39 Å². The molecule has 29 heavy (non-hydrogen) atoms. The van der Waals surface area contributed by atoms with Crippen LogP contribution in [0.25, 0.3) is 11.1 Å². The molecule has 0 aromatic heterocycles. The molecule has 2 aromatic rings. The lowest BCUT2D eigenvalue weighted by atomic mass is 9.97. The number of Topliss-reactive ketones (excluding diaryl/α,β-unsaturated/α-hetero) is 1. The zero-order chi connectivity index (χ0) is 20.5. The van der Waals surface area contributed by atoms with Gasteiger partial charge in [-0.2, -0.15) is 0 Å². The van der Waals surface area contributed by atoms with Crippen molar-refractivity contribution in [2.24, 2.45) is 0 Å². The second-order valence-electron chi connectivity index (χ2n) is 7.24. The van der Waals surface area contributed by atoms with Crippen molar-refractivity contribution in [1.29, 1.82) is 0 Å². The number of ketones is 1. The van der Waals surface area contributed by atoms with Gasteiger partial charge in [0, 0.05) is 36.6 Å². The summed E-state index contributed by atoms with van der Waals surface area (Å²) in [4.78, 5) is 23.2. The van der Waals surface area contributed by atoms with E-state index in [1.807, 2.05) is 18.2 Å². The third-order valence-corrected chi connectivity index (χ3v) is 5.44. The molecular formula is C22H19ClFNO4. The highest BCUT2D eigenvalue weighted by Crippen LogP contribution is 2.40. The minimum absolute atomic E-state index is 0.106. The highest BCUT2D eigenvalue weighted by molar-refractivity contribution is 6.32. The maximum atomic E-state index is 13.3. The molecule has 0 spiro atoms. The van der Waals surface area contributed by atoms with E-state index in [0.29, 0.717) is 22.8 Å². The summed E-state index contributed by atoms with van der Waals surface area (Å²) in [5.74, 6) is -0.568. The van der Waals surface area contributed by atoms with E-state index in [9.17, 15) is 14.0 Å². The van der Waals surface area contributed by atoms with E-state index in [4.69, 9.17) is 21.4 Å². The maximum absolute atomic E-state index is 13.3. The van der Waals surface area contributed by atoms with Gasteiger partial charge in [-0.15, -0.1) is 0 Å². The molecule has 0 radical (unpaired) electrons. The Balaban J connectivity index is 1.53. The third-order valence-electron chi connectivity index (χ3n) is 5.16. The molecule has 0 aliphatic carbocycles. The molecule has 3 unspecified atom stereocenters. The number of aliphatic carboxylic acids is 1. The molecule has 2 aromatic carbocycles. The van der Waals surface area contributed by atoms with Crippen molar-refractivity contribution in [1.82, 2.24) is 5.32 Å². The molecule has 1 fully saturated rings. The van der Waals surface area contributed by atoms with Crippen molar-refractivity contribution in [3.8, 4) is 16.9 Å². The molecule has 2 aliphatic heterocycles.